The van der Waals surface area contributed by atoms with Crippen LogP contribution in [0.4, 0.5) is 0 Å². The molecule has 2 atom stereocenters. The fraction of sp³-hybridized carbons (Fsp3) is 0.667. The third-order valence-electron chi connectivity index (χ3n) is 6.32. The van der Waals surface area contributed by atoms with Crippen molar-refractivity contribution in [2.75, 3.05) is 26.0 Å². The molecule has 2 unspecified atom stereocenters. The van der Waals surface area contributed by atoms with Crippen molar-refractivity contribution in [2.45, 2.75) is 50.2 Å². The lowest BCUT2D eigenvalue weighted by atomic mass is 9.82. The fourth-order valence-electron chi connectivity index (χ4n) is 4.62. The molecule has 2 aliphatic rings. The van der Waals surface area contributed by atoms with E-state index in [1.54, 1.807) is 11.9 Å². The Labute approximate surface area is 166 Å². The molecule has 2 fully saturated rings. The van der Waals surface area contributed by atoms with Crippen LogP contribution >= 0.6 is 11.9 Å². The summed E-state index contributed by atoms with van der Waals surface area (Å²) in [6.45, 7) is 3.06. The third kappa shape index (κ3) is 4.50. The van der Waals surface area contributed by atoms with Crippen molar-refractivity contribution in [3.8, 4) is 0 Å². The van der Waals surface area contributed by atoms with E-state index in [2.05, 4.69) is 51.1 Å². The molecule has 4 rings (SSSR count). The van der Waals surface area contributed by atoms with Gasteiger partial charge >= 0.3 is 0 Å². The molecule has 1 aromatic carbocycles. The Balaban J connectivity index is 1.28. The summed E-state index contributed by atoms with van der Waals surface area (Å²) in [5.41, 5.74) is 3.79. The summed E-state index contributed by atoms with van der Waals surface area (Å²) in [7, 11) is 2.07. The molecule has 0 spiro atoms. The lowest BCUT2D eigenvalue weighted by Crippen LogP contribution is -2.47. The van der Waals surface area contributed by atoms with Crippen LogP contribution in [0, 0.1) is 5.92 Å². The fourth-order valence-corrected chi connectivity index (χ4v) is 5.24. The Kier molecular flexibility index (Phi) is 6.38. The molecule has 1 aliphatic carbocycles. The summed E-state index contributed by atoms with van der Waals surface area (Å²) in [4.78, 5) is 4.44. The zero-order chi connectivity index (χ0) is 18.6. The van der Waals surface area contributed by atoms with Crippen molar-refractivity contribution >= 4 is 23.0 Å². The first-order valence-electron chi connectivity index (χ1n) is 10.3. The summed E-state index contributed by atoms with van der Waals surface area (Å²) in [5, 5.41) is 3.52. The molecule has 2 heterocycles. The lowest BCUT2D eigenvalue weighted by Gasteiger charge is -2.34. The molecule has 1 aromatic heterocycles. The van der Waals surface area contributed by atoms with Crippen molar-refractivity contribution in [1.82, 2.24) is 19.6 Å². The average molecular weight is 389 g/mol. The highest BCUT2D eigenvalue weighted by Crippen LogP contribution is 2.35. The smallest absolute Gasteiger partial charge is 0.0955 e. The maximum Gasteiger partial charge on any atom is 0.0955 e. The number of hydrogen-bond donors (Lipinski definition) is 2. The summed E-state index contributed by atoms with van der Waals surface area (Å²) in [6.07, 6.45) is 10.4. The molecule has 0 amide bonds. The van der Waals surface area contributed by atoms with Gasteiger partial charge in [-0.1, -0.05) is 18.0 Å². The summed E-state index contributed by atoms with van der Waals surface area (Å²) in [5.74, 6) is 1.24. The van der Waals surface area contributed by atoms with Gasteiger partial charge in [-0.25, -0.2) is 4.98 Å². The Morgan fingerprint density at radius 3 is 2.93 bits per heavy atom. The SMILES string of the molecule is CSNC1CCNCC1COC1CCC(c2ccc3ncn(C)c3c2)CC1. The molecule has 0 radical (unpaired) electrons. The van der Waals surface area contributed by atoms with E-state index in [0.717, 1.165) is 25.2 Å². The number of piperidine rings is 1. The molecule has 5 nitrogen and oxygen atoms in total. The summed E-state index contributed by atoms with van der Waals surface area (Å²) in [6, 6.07) is 7.35. The Morgan fingerprint density at radius 1 is 1.26 bits per heavy atom. The average Bonchev–Trinajstić information content (AvgIpc) is 3.08. The van der Waals surface area contributed by atoms with E-state index in [-0.39, 0.29) is 0 Å². The highest BCUT2D eigenvalue weighted by Gasteiger charge is 2.28. The first-order valence-corrected chi connectivity index (χ1v) is 11.5. The van der Waals surface area contributed by atoms with Crippen molar-refractivity contribution in [1.29, 1.82) is 0 Å². The van der Waals surface area contributed by atoms with Crippen LogP contribution in [0.2, 0.25) is 0 Å². The van der Waals surface area contributed by atoms with Gasteiger partial charge in [-0.15, -0.1) is 0 Å². The number of aryl methyl sites for hydroxylation is 1. The van der Waals surface area contributed by atoms with Gasteiger partial charge in [0.25, 0.3) is 0 Å². The van der Waals surface area contributed by atoms with E-state index in [0.29, 0.717) is 24.0 Å². The number of hydrogen-bond acceptors (Lipinski definition) is 5. The van der Waals surface area contributed by atoms with Crippen molar-refractivity contribution < 1.29 is 4.74 Å². The minimum atomic E-state index is 0.429. The highest BCUT2D eigenvalue weighted by molar-refractivity contribution is 7.96. The minimum Gasteiger partial charge on any atom is -0.378 e. The number of ether oxygens (including phenoxy) is 1. The van der Waals surface area contributed by atoms with Crippen molar-refractivity contribution in [3.63, 3.8) is 0 Å². The quantitative estimate of drug-likeness (QED) is 0.742. The number of rotatable bonds is 6. The standard InChI is InChI=1S/C21H32N4OS/c1-25-14-23-20-8-5-16(11-21(20)25)15-3-6-18(7-4-15)26-13-17-12-22-10-9-19(17)24-27-2/h5,8,11,14-15,17-19,22,24H,3-4,6-7,9-10,12-13H2,1-2H3. The Morgan fingerprint density at radius 2 is 2.11 bits per heavy atom. The molecular weight excluding hydrogens is 356 g/mol. The van der Waals surface area contributed by atoms with Crippen LogP contribution in [0.15, 0.2) is 24.5 Å². The van der Waals surface area contributed by atoms with Crippen LogP contribution in [0.3, 0.4) is 0 Å². The summed E-state index contributed by atoms with van der Waals surface area (Å²) >= 11 is 1.73. The van der Waals surface area contributed by atoms with E-state index in [9.17, 15) is 0 Å². The molecule has 1 saturated heterocycles. The molecule has 27 heavy (non-hydrogen) atoms. The van der Waals surface area contributed by atoms with E-state index in [1.165, 1.54) is 43.2 Å². The van der Waals surface area contributed by atoms with Gasteiger partial charge in [0, 0.05) is 25.6 Å². The third-order valence-corrected chi connectivity index (χ3v) is 6.86. The van der Waals surface area contributed by atoms with E-state index >= 15 is 0 Å². The summed E-state index contributed by atoms with van der Waals surface area (Å²) < 4.78 is 12.0. The zero-order valence-corrected chi connectivity index (χ0v) is 17.3. The second-order valence-electron chi connectivity index (χ2n) is 8.09. The number of benzene rings is 1. The lowest BCUT2D eigenvalue weighted by molar-refractivity contribution is -0.00384. The molecule has 148 valence electrons. The predicted molar refractivity (Wildman–Crippen MR) is 113 cm³/mol. The van der Waals surface area contributed by atoms with Gasteiger partial charge < -0.3 is 14.6 Å². The maximum atomic E-state index is 6.36. The van der Waals surface area contributed by atoms with Crippen LogP contribution in [-0.4, -0.2) is 47.6 Å². The largest absolute Gasteiger partial charge is 0.378 e. The van der Waals surface area contributed by atoms with Gasteiger partial charge in [-0.3, -0.25) is 4.72 Å². The number of nitrogens with one attached hydrogen (secondary N) is 2. The maximum absolute atomic E-state index is 6.36. The molecule has 2 N–H and O–H groups in total. The number of aromatic nitrogens is 2. The molecule has 6 heteroatoms. The molecule has 2 aromatic rings. The van der Waals surface area contributed by atoms with Gasteiger partial charge in [0.05, 0.1) is 30.1 Å². The van der Waals surface area contributed by atoms with Crippen LogP contribution in [-0.2, 0) is 11.8 Å². The monoisotopic (exact) mass is 388 g/mol. The number of fused-ring (bicyclic) bond motifs is 1. The first kappa shape index (κ1) is 19.2. The van der Waals surface area contributed by atoms with Crippen LogP contribution < -0.4 is 10.0 Å². The van der Waals surface area contributed by atoms with Gasteiger partial charge in [0.1, 0.15) is 0 Å². The molecule has 1 saturated carbocycles. The topological polar surface area (TPSA) is 51.1 Å². The van der Waals surface area contributed by atoms with Crippen LogP contribution in [0.5, 0.6) is 0 Å². The first-order chi connectivity index (χ1) is 13.2. The molecule has 1 aliphatic heterocycles. The molecular formula is C21H32N4OS. The predicted octanol–water partition coefficient (Wildman–Crippen LogP) is 3.46. The van der Waals surface area contributed by atoms with Crippen LogP contribution in [0.25, 0.3) is 11.0 Å². The second kappa shape index (κ2) is 8.95. The van der Waals surface area contributed by atoms with E-state index < -0.39 is 0 Å². The highest BCUT2D eigenvalue weighted by atomic mass is 32.2. The zero-order valence-electron chi connectivity index (χ0n) is 16.5. The Bertz CT molecular complexity index is 739. The van der Waals surface area contributed by atoms with Crippen molar-refractivity contribution in [3.05, 3.63) is 30.1 Å². The van der Waals surface area contributed by atoms with Crippen molar-refractivity contribution in [2.24, 2.45) is 13.0 Å². The normalized spacial score (nSPS) is 29.3. The van der Waals surface area contributed by atoms with Crippen LogP contribution in [0.1, 0.15) is 43.6 Å². The second-order valence-corrected chi connectivity index (χ2v) is 8.74. The number of imidazole rings is 1. The van der Waals surface area contributed by atoms with E-state index in [1.807, 2.05) is 6.33 Å². The van der Waals surface area contributed by atoms with Gasteiger partial charge in [0.2, 0.25) is 0 Å². The van der Waals surface area contributed by atoms with E-state index in [4.69, 9.17) is 4.74 Å². The minimum absolute atomic E-state index is 0.429. The van der Waals surface area contributed by atoms with Gasteiger partial charge in [-0.05, 0) is 68.5 Å². The van der Waals surface area contributed by atoms with Gasteiger partial charge in [0.15, 0.2) is 0 Å². The van der Waals surface area contributed by atoms with Gasteiger partial charge in [-0.2, -0.15) is 0 Å². The Hall–Kier alpha value is -1.08. The number of nitrogens with zero attached hydrogens (tertiary/aromatic N) is 2. The molecule has 0 bridgehead atoms.